The lowest BCUT2D eigenvalue weighted by Crippen LogP contribution is -2.03. The molecule has 250 valence electrons. The molecule has 4 nitrogen and oxygen atoms in total. The zero-order valence-electron chi connectivity index (χ0n) is 28.5. The second-order valence-corrected chi connectivity index (χ2v) is 16.1. The van der Waals surface area contributed by atoms with Gasteiger partial charge in [0.05, 0.1) is 26.9 Å². The van der Waals surface area contributed by atoms with E-state index >= 15 is 0 Å². The van der Waals surface area contributed by atoms with Crippen molar-refractivity contribution in [1.29, 1.82) is 0 Å². The van der Waals surface area contributed by atoms with E-state index in [0.29, 0.717) is 5.95 Å². The Morgan fingerprint density at radius 1 is 0.444 bits per heavy atom. The molecule has 0 fully saturated rings. The highest BCUT2D eigenvalue weighted by Gasteiger charge is 2.26. The standard InChI is InChI=1S/C48H25N3OS2/c1-6-19-34-28(13-1)44(33-18-11-17-27-26-12-3-8-21-36(26)52-46(27)33)50-48(49-34)51-35-20-7-2-14-29(35)40-32-24-25-39-41(30-15-4-9-22-37(30)53-39)42(32)43-31-16-5-10-23-38(31)54-47(43)45(40)51/h1-25H. The summed E-state index contributed by atoms with van der Waals surface area (Å²) in [6.07, 6.45) is 0. The number of benzene rings is 8. The third-order valence-corrected chi connectivity index (χ3v) is 13.5. The topological polar surface area (TPSA) is 43.9 Å². The Morgan fingerprint density at radius 3 is 2.00 bits per heavy atom. The summed E-state index contributed by atoms with van der Waals surface area (Å²) in [5, 5.41) is 13.4. The van der Waals surface area contributed by atoms with E-state index in [2.05, 4.69) is 144 Å². The third-order valence-electron chi connectivity index (χ3n) is 11.2. The van der Waals surface area contributed by atoms with Gasteiger partial charge in [0.1, 0.15) is 11.2 Å². The predicted molar refractivity (Wildman–Crippen MR) is 230 cm³/mol. The maximum absolute atomic E-state index is 6.59. The monoisotopic (exact) mass is 723 g/mol. The summed E-state index contributed by atoms with van der Waals surface area (Å²) >= 11 is 3.74. The van der Waals surface area contributed by atoms with Gasteiger partial charge in [-0.3, -0.25) is 4.57 Å². The number of rotatable bonds is 2. The van der Waals surface area contributed by atoms with Crippen LogP contribution in [0.15, 0.2) is 156 Å². The molecule has 54 heavy (non-hydrogen) atoms. The quantitative estimate of drug-likeness (QED) is 0.178. The van der Waals surface area contributed by atoms with Gasteiger partial charge in [-0.1, -0.05) is 109 Å². The van der Waals surface area contributed by atoms with Crippen molar-refractivity contribution >= 4 is 128 Å². The van der Waals surface area contributed by atoms with Gasteiger partial charge in [0, 0.05) is 73.5 Å². The molecule has 13 rings (SSSR count). The summed E-state index contributed by atoms with van der Waals surface area (Å²) in [6.45, 7) is 0. The molecule has 13 aromatic rings. The third kappa shape index (κ3) is 3.71. The van der Waals surface area contributed by atoms with Crippen molar-refractivity contribution in [1.82, 2.24) is 14.5 Å². The molecule has 0 aliphatic rings. The van der Waals surface area contributed by atoms with Gasteiger partial charge in [-0.2, -0.15) is 0 Å². The molecule has 8 aromatic carbocycles. The molecule has 0 amide bonds. The van der Waals surface area contributed by atoms with Crippen molar-refractivity contribution in [3.63, 3.8) is 0 Å². The van der Waals surface area contributed by atoms with E-state index in [-0.39, 0.29) is 0 Å². The SMILES string of the molecule is c1ccc2c(-c3cccc4c3oc3ccccc34)nc(-n3c4ccccc4c4c5ccc6sc7ccccc7c6c5c5c6ccccc6sc5c43)nc2c1. The Balaban J connectivity index is 1.24. The van der Waals surface area contributed by atoms with Crippen LogP contribution < -0.4 is 0 Å². The molecule has 5 heterocycles. The normalized spacial score (nSPS) is 12.4. The second-order valence-electron chi connectivity index (χ2n) is 14.0. The molecule has 0 bridgehead atoms. The fourth-order valence-electron chi connectivity index (χ4n) is 8.98. The van der Waals surface area contributed by atoms with Crippen LogP contribution in [0.4, 0.5) is 0 Å². The Hall–Kier alpha value is -6.60. The number of furan rings is 1. The average Bonchev–Trinajstić information content (AvgIpc) is 3.99. The van der Waals surface area contributed by atoms with Gasteiger partial charge in [0.25, 0.3) is 0 Å². The van der Waals surface area contributed by atoms with E-state index in [1.54, 1.807) is 0 Å². The number of fused-ring (bicyclic) bond motifs is 18. The Labute approximate surface area is 314 Å². The van der Waals surface area contributed by atoms with Crippen molar-refractivity contribution < 1.29 is 4.42 Å². The van der Waals surface area contributed by atoms with Crippen LogP contribution in [0.25, 0.3) is 123 Å². The highest BCUT2D eigenvalue weighted by Crippen LogP contribution is 2.51. The van der Waals surface area contributed by atoms with E-state index in [4.69, 9.17) is 14.4 Å². The lowest BCUT2D eigenvalue weighted by Gasteiger charge is -2.13. The van der Waals surface area contributed by atoms with Crippen LogP contribution in [0.5, 0.6) is 0 Å². The first-order valence-electron chi connectivity index (χ1n) is 18.1. The van der Waals surface area contributed by atoms with Crippen molar-refractivity contribution in [3.8, 4) is 17.2 Å². The number of aromatic nitrogens is 3. The average molecular weight is 724 g/mol. The number of nitrogens with zero attached hydrogens (tertiary/aromatic N) is 3. The first-order chi connectivity index (χ1) is 26.8. The summed E-state index contributed by atoms with van der Waals surface area (Å²) in [5.41, 5.74) is 6.61. The van der Waals surface area contributed by atoms with Crippen LogP contribution in [-0.4, -0.2) is 14.5 Å². The molecule has 6 heteroatoms. The zero-order chi connectivity index (χ0) is 35.1. The van der Waals surface area contributed by atoms with Gasteiger partial charge in [-0.15, -0.1) is 22.7 Å². The van der Waals surface area contributed by atoms with Crippen molar-refractivity contribution in [2.45, 2.75) is 0 Å². The summed E-state index contributed by atoms with van der Waals surface area (Å²) in [4.78, 5) is 10.9. The highest BCUT2D eigenvalue weighted by molar-refractivity contribution is 7.27. The molecule has 5 aromatic heterocycles. The van der Waals surface area contributed by atoms with Crippen LogP contribution >= 0.6 is 22.7 Å². The van der Waals surface area contributed by atoms with E-state index in [1.807, 2.05) is 34.8 Å². The number of hydrogen-bond donors (Lipinski definition) is 0. The van der Waals surface area contributed by atoms with Gasteiger partial charge >= 0.3 is 0 Å². The summed E-state index contributed by atoms with van der Waals surface area (Å²) in [7, 11) is 0. The maximum Gasteiger partial charge on any atom is 0.235 e. The Bertz CT molecular complexity index is 3750. The van der Waals surface area contributed by atoms with Crippen LogP contribution in [0, 0.1) is 0 Å². The van der Waals surface area contributed by atoms with Crippen molar-refractivity contribution in [2.75, 3.05) is 0 Å². The molecular formula is C48H25N3OS2. The van der Waals surface area contributed by atoms with Crippen LogP contribution in [0.2, 0.25) is 0 Å². The first-order valence-corrected chi connectivity index (χ1v) is 19.7. The molecule has 0 radical (unpaired) electrons. The Morgan fingerprint density at radius 2 is 1.13 bits per heavy atom. The molecule has 0 atom stereocenters. The largest absolute Gasteiger partial charge is 0.455 e. The van der Waals surface area contributed by atoms with Crippen LogP contribution in [-0.2, 0) is 0 Å². The smallest absolute Gasteiger partial charge is 0.235 e. The summed E-state index contributed by atoms with van der Waals surface area (Å²) in [6, 6.07) is 54.1. The van der Waals surface area contributed by atoms with E-state index in [1.165, 1.54) is 61.9 Å². The number of hydrogen-bond acceptors (Lipinski definition) is 5. The summed E-state index contributed by atoms with van der Waals surface area (Å²) in [5.74, 6) is 0.642. The predicted octanol–water partition coefficient (Wildman–Crippen LogP) is 14.2. The van der Waals surface area contributed by atoms with E-state index < -0.39 is 0 Å². The number of thiophene rings is 2. The molecule has 0 aliphatic heterocycles. The van der Waals surface area contributed by atoms with E-state index in [9.17, 15) is 0 Å². The van der Waals surface area contributed by atoms with Crippen molar-refractivity contribution in [3.05, 3.63) is 152 Å². The van der Waals surface area contributed by atoms with Gasteiger partial charge in [0.15, 0.2) is 0 Å². The van der Waals surface area contributed by atoms with Crippen LogP contribution in [0.3, 0.4) is 0 Å². The van der Waals surface area contributed by atoms with Crippen LogP contribution in [0.1, 0.15) is 0 Å². The minimum absolute atomic E-state index is 0.642. The highest BCUT2D eigenvalue weighted by atomic mass is 32.1. The maximum atomic E-state index is 6.59. The van der Waals surface area contributed by atoms with Gasteiger partial charge in [0.2, 0.25) is 5.95 Å². The zero-order valence-corrected chi connectivity index (χ0v) is 30.1. The second kappa shape index (κ2) is 10.5. The molecule has 0 saturated carbocycles. The molecule has 0 spiro atoms. The van der Waals surface area contributed by atoms with Crippen molar-refractivity contribution in [2.24, 2.45) is 0 Å². The molecule has 0 N–H and O–H groups in total. The van der Waals surface area contributed by atoms with Gasteiger partial charge < -0.3 is 4.42 Å². The molecular weight excluding hydrogens is 699 g/mol. The minimum atomic E-state index is 0.642. The summed E-state index contributed by atoms with van der Waals surface area (Å²) < 4.78 is 14.1. The number of para-hydroxylation sites is 4. The molecule has 0 aliphatic carbocycles. The van der Waals surface area contributed by atoms with Gasteiger partial charge in [-0.05, 0) is 47.9 Å². The fraction of sp³-hybridized carbons (Fsp3) is 0. The Kier molecular flexibility index (Phi) is 5.63. The minimum Gasteiger partial charge on any atom is -0.455 e. The lowest BCUT2D eigenvalue weighted by atomic mass is 9.95. The van der Waals surface area contributed by atoms with Gasteiger partial charge in [-0.25, -0.2) is 9.97 Å². The fourth-order valence-corrected chi connectivity index (χ4v) is 11.3. The molecule has 0 saturated heterocycles. The molecule has 0 unspecified atom stereocenters. The lowest BCUT2D eigenvalue weighted by molar-refractivity contribution is 0.670. The van der Waals surface area contributed by atoms with E-state index in [0.717, 1.165) is 55.1 Å². The first kappa shape index (κ1) is 28.9.